The van der Waals surface area contributed by atoms with Gasteiger partial charge in [0.05, 0.1) is 36.1 Å². The van der Waals surface area contributed by atoms with Crippen LogP contribution in [0, 0.1) is 5.92 Å². The third-order valence-electron chi connectivity index (χ3n) is 7.08. The smallest absolute Gasteiger partial charge is 0.254 e. The molecular weight excluding hydrogens is 464 g/mol. The van der Waals surface area contributed by atoms with Crippen molar-refractivity contribution >= 4 is 22.8 Å². The number of amides is 2. The van der Waals surface area contributed by atoms with Crippen molar-refractivity contribution in [3.8, 4) is 5.75 Å². The quantitative estimate of drug-likeness (QED) is 0.359. The van der Waals surface area contributed by atoms with Crippen LogP contribution in [0.25, 0.3) is 11.0 Å². The largest absolute Gasteiger partial charge is 0.497 e. The summed E-state index contributed by atoms with van der Waals surface area (Å²) in [5.41, 5.74) is 3.96. The minimum absolute atomic E-state index is 0.100. The van der Waals surface area contributed by atoms with Gasteiger partial charge in [0.15, 0.2) is 0 Å². The fourth-order valence-corrected chi connectivity index (χ4v) is 5.28. The van der Waals surface area contributed by atoms with E-state index in [2.05, 4.69) is 24.1 Å². The fourth-order valence-electron chi connectivity index (χ4n) is 5.28. The number of fused-ring (bicyclic) bond motifs is 2. The zero-order valence-corrected chi connectivity index (χ0v) is 21.6. The predicted octanol–water partition coefficient (Wildman–Crippen LogP) is 5.39. The molecule has 2 N–H and O–H groups in total. The number of imidazole rings is 1. The van der Waals surface area contributed by atoms with Crippen molar-refractivity contribution in [2.24, 2.45) is 5.92 Å². The number of aromatic nitrogens is 2. The molecule has 0 aliphatic carbocycles. The number of H-pyrrole nitrogens is 1. The van der Waals surface area contributed by atoms with E-state index < -0.39 is 12.0 Å². The summed E-state index contributed by atoms with van der Waals surface area (Å²) >= 11 is 0. The summed E-state index contributed by atoms with van der Waals surface area (Å²) in [5, 5.41) is 3.30. The molecule has 3 aromatic carbocycles. The number of benzene rings is 3. The molecule has 5 rings (SSSR count). The van der Waals surface area contributed by atoms with Crippen LogP contribution in [0.15, 0.2) is 72.8 Å². The van der Waals surface area contributed by atoms with Crippen LogP contribution in [0.3, 0.4) is 0 Å². The molecular formula is C30H32N4O3. The molecule has 7 nitrogen and oxygen atoms in total. The second kappa shape index (κ2) is 10.1. The van der Waals surface area contributed by atoms with E-state index >= 15 is 0 Å². The van der Waals surface area contributed by atoms with Gasteiger partial charge in [-0.2, -0.15) is 0 Å². The van der Waals surface area contributed by atoms with Gasteiger partial charge in [-0.3, -0.25) is 9.59 Å². The maximum atomic E-state index is 14.2. The SMILES string of the molecule is COc1ccc([C@@H]2[C@H](C(=O)N[C@@H](CC(C)C)c3nc4ccccc4[nH]3)c3ccccc3C(=O)N2C)cc1. The molecule has 0 saturated carbocycles. The first-order chi connectivity index (χ1) is 17.9. The molecule has 0 saturated heterocycles. The lowest BCUT2D eigenvalue weighted by atomic mass is 9.79. The van der Waals surface area contributed by atoms with E-state index in [1.54, 1.807) is 25.1 Å². The van der Waals surface area contributed by atoms with Crippen molar-refractivity contribution in [1.82, 2.24) is 20.2 Å². The number of hydrogen-bond acceptors (Lipinski definition) is 4. The summed E-state index contributed by atoms with van der Waals surface area (Å²) < 4.78 is 5.33. The number of hydrogen-bond donors (Lipinski definition) is 2. The lowest BCUT2D eigenvalue weighted by Gasteiger charge is -2.40. The van der Waals surface area contributed by atoms with E-state index in [4.69, 9.17) is 9.72 Å². The highest BCUT2D eigenvalue weighted by molar-refractivity contribution is 6.01. The number of nitrogens with one attached hydrogen (secondary N) is 2. The molecule has 190 valence electrons. The molecule has 7 heteroatoms. The maximum Gasteiger partial charge on any atom is 0.254 e. The molecule has 4 aromatic rings. The Bertz CT molecular complexity index is 1390. The van der Waals surface area contributed by atoms with Crippen molar-refractivity contribution in [2.75, 3.05) is 14.2 Å². The van der Waals surface area contributed by atoms with Crippen LogP contribution in [0.1, 0.15) is 65.6 Å². The average Bonchev–Trinajstić information content (AvgIpc) is 3.34. The lowest BCUT2D eigenvalue weighted by molar-refractivity contribution is -0.125. The van der Waals surface area contributed by atoms with Crippen LogP contribution >= 0.6 is 0 Å². The van der Waals surface area contributed by atoms with E-state index in [-0.39, 0.29) is 17.9 Å². The van der Waals surface area contributed by atoms with Gasteiger partial charge in [0.2, 0.25) is 5.91 Å². The van der Waals surface area contributed by atoms with Gasteiger partial charge in [-0.15, -0.1) is 0 Å². The fraction of sp³-hybridized carbons (Fsp3) is 0.300. The first kappa shape index (κ1) is 24.6. The molecule has 2 amide bonds. The van der Waals surface area contributed by atoms with Crippen molar-refractivity contribution < 1.29 is 14.3 Å². The molecule has 1 aliphatic rings. The Labute approximate surface area is 216 Å². The first-order valence-electron chi connectivity index (χ1n) is 12.6. The van der Waals surface area contributed by atoms with Gasteiger partial charge in [0, 0.05) is 12.6 Å². The molecule has 1 aliphatic heterocycles. The zero-order valence-electron chi connectivity index (χ0n) is 21.6. The summed E-state index contributed by atoms with van der Waals surface area (Å²) in [6.45, 7) is 4.26. The molecule has 0 fully saturated rings. The second-order valence-corrected chi connectivity index (χ2v) is 10.0. The van der Waals surface area contributed by atoms with E-state index in [0.717, 1.165) is 40.2 Å². The standard InChI is InChI=1S/C30H32N4O3/c1-18(2)17-25(28-31-23-11-7-8-12-24(23)32-28)33-29(35)26-21-9-5-6-10-22(21)30(36)34(3)27(26)19-13-15-20(37-4)16-14-19/h5-16,18,25-27H,17H2,1-4H3,(H,31,32)(H,33,35)/t25-,26+,27+/m0/s1. The van der Waals surface area contributed by atoms with Gasteiger partial charge in [-0.25, -0.2) is 4.98 Å². The maximum absolute atomic E-state index is 14.2. The van der Waals surface area contributed by atoms with Gasteiger partial charge in [0.25, 0.3) is 5.91 Å². The molecule has 3 atom stereocenters. The summed E-state index contributed by atoms with van der Waals surface area (Å²) in [7, 11) is 3.38. The number of nitrogens with zero attached hydrogens (tertiary/aromatic N) is 2. The first-order valence-corrected chi connectivity index (χ1v) is 12.6. The highest BCUT2D eigenvalue weighted by Crippen LogP contribution is 2.42. The highest BCUT2D eigenvalue weighted by atomic mass is 16.5. The minimum atomic E-state index is -0.591. The monoisotopic (exact) mass is 496 g/mol. The Balaban J connectivity index is 1.55. The molecule has 1 aromatic heterocycles. The van der Waals surface area contributed by atoms with Crippen LogP contribution in [0.5, 0.6) is 5.75 Å². The number of aromatic amines is 1. The van der Waals surface area contributed by atoms with Crippen molar-refractivity contribution in [3.63, 3.8) is 0 Å². The topological polar surface area (TPSA) is 87.3 Å². The van der Waals surface area contributed by atoms with E-state index in [1.807, 2.05) is 66.7 Å². The zero-order chi connectivity index (χ0) is 26.1. The third kappa shape index (κ3) is 4.69. The number of methoxy groups -OCH3 is 1. The predicted molar refractivity (Wildman–Crippen MR) is 143 cm³/mol. The molecule has 0 unspecified atom stereocenters. The summed E-state index contributed by atoms with van der Waals surface area (Å²) in [6.07, 6.45) is 0.724. The Hall–Kier alpha value is -4.13. The van der Waals surface area contributed by atoms with Gasteiger partial charge in [-0.05, 0) is 53.8 Å². The summed E-state index contributed by atoms with van der Waals surface area (Å²) in [4.78, 5) is 37.4. The van der Waals surface area contributed by atoms with Gasteiger partial charge in [-0.1, -0.05) is 56.3 Å². The van der Waals surface area contributed by atoms with E-state index in [0.29, 0.717) is 11.5 Å². The Morgan fingerprint density at radius 1 is 1.05 bits per heavy atom. The number of carbonyl (C=O) groups excluding carboxylic acids is 2. The Kier molecular flexibility index (Phi) is 6.70. The average molecular weight is 497 g/mol. The number of para-hydroxylation sites is 2. The summed E-state index contributed by atoms with van der Waals surface area (Å²) in [5.74, 6) is 0.954. The Morgan fingerprint density at radius 2 is 1.76 bits per heavy atom. The van der Waals surface area contributed by atoms with Gasteiger partial charge >= 0.3 is 0 Å². The van der Waals surface area contributed by atoms with E-state index in [9.17, 15) is 9.59 Å². The van der Waals surface area contributed by atoms with Crippen molar-refractivity contribution in [2.45, 2.75) is 38.3 Å². The van der Waals surface area contributed by atoms with Crippen LogP contribution in [0.2, 0.25) is 0 Å². The Morgan fingerprint density at radius 3 is 2.46 bits per heavy atom. The van der Waals surface area contributed by atoms with E-state index in [1.165, 1.54) is 0 Å². The molecule has 0 bridgehead atoms. The van der Waals surface area contributed by atoms with Crippen molar-refractivity contribution in [1.29, 1.82) is 0 Å². The van der Waals surface area contributed by atoms with Crippen LogP contribution in [0.4, 0.5) is 0 Å². The van der Waals surface area contributed by atoms with Crippen molar-refractivity contribution in [3.05, 3.63) is 95.3 Å². The van der Waals surface area contributed by atoms with Crippen LogP contribution < -0.4 is 10.1 Å². The highest BCUT2D eigenvalue weighted by Gasteiger charge is 2.43. The number of rotatable bonds is 7. The lowest BCUT2D eigenvalue weighted by Crippen LogP contribution is -2.46. The molecule has 0 spiro atoms. The van der Waals surface area contributed by atoms with Gasteiger partial charge in [0.1, 0.15) is 11.6 Å². The third-order valence-corrected chi connectivity index (χ3v) is 7.08. The minimum Gasteiger partial charge on any atom is -0.497 e. The molecule has 0 radical (unpaired) electrons. The molecule has 37 heavy (non-hydrogen) atoms. The van der Waals surface area contributed by atoms with Crippen LogP contribution in [-0.4, -0.2) is 40.8 Å². The number of carbonyl (C=O) groups is 2. The summed E-state index contributed by atoms with van der Waals surface area (Å²) in [6, 6.07) is 22.1. The second-order valence-electron chi connectivity index (χ2n) is 10.0. The van der Waals surface area contributed by atoms with Gasteiger partial charge < -0.3 is 19.9 Å². The normalized spacial score (nSPS) is 18.1. The molecule has 2 heterocycles. The number of ether oxygens (including phenoxy) is 1. The van der Waals surface area contributed by atoms with Crippen LogP contribution in [-0.2, 0) is 4.79 Å². The number of likely N-dealkylation sites (N-methyl/N-ethyl adjacent to an activating group) is 1.